The number of para-hydroxylation sites is 1. The molecular formula is C22H23N3O5S. The smallest absolute Gasteiger partial charge is 0.270 e. The van der Waals surface area contributed by atoms with Crippen molar-refractivity contribution >= 4 is 26.8 Å². The number of H-pyrrole nitrogens is 1. The number of hydrogen-bond acceptors (Lipinski definition) is 5. The van der Waals surface area contributed by atoms with Gasteiger partial charge >= 0.3 is 0 Å². The van der Waals surface area contributed by atoms with Gasteiger partial charge in [0.25, 0.3) is 5.91 Å². The van der Waals surface area contributed by atoms with Crippen molar-refractivity contribution in [3.05, 3.63) is 54.2 Å². The SMILES string of the molecule is O=C(c1cc2ccccc2[nH]1)N1CCN(S(=O)(=O)c2ccc3c(c2)OCCCO3)CC1. The highest BCUT2D eigenvalue weighted by atomic mass is 32.2. The van der Waals surface area contributed by atoms with Gasteiger partial charge in [0.1, 0.15) is 5.69 Å². The fraction of sp³-hybridized carbons (Fsp3) is 0.318. The van der Waals surface area contributed by atoms with Crippen molar-refractivity contribution in [2.45, 2.75) is 11.3 Å². The second-order valence-electron chi connectivity index (χ2n) is 7.63. The third kappa shape index (κ3) is 3.75. The number of carbonyl (C=O) groups excluding carboxylic acids is 1. The summed E-state index contributed by atoms with van der Waals surface area (Å²) in [6.45, 7) is 2.18. The highest BCUT2D eigenvalue weighted by Crippen LogP contribution is 2.33. The lowest BCUT2D eigenvalue weighted by atomic mass is 10.2. The Morgan fingerprint density at radius 1 is 0.903 bits per heavy atom. The summed E-state index contributed by atoms with van der Waals surface area (Å²) in [4.78, 5) is 17.9. The van der Waals surface area contributed by atoms with Gasteiger partial charge in [-0.05, 0) is 24.3 Å². The average molecular weight is 442 g/mol. The Morgan fingerprint density at radius 3 is 2.42 bits per heavy atom. The number of hydrogen-bond donors (Lipinski definition) is 1. The molecular weight excluding hydrogens is 418 g/mol. The molecule has 0 aliphatic carbocycles. The van der Waals surface area contributed by atoms with Crippen LogP contribution in [0.5, 0.6) is 11.5 Å². The monoisotopic (exact) mass is 441 g/mol. The maximum absolute atomic E-state index is 13.1. The highest BCUT2D eigenvalue weighted by molar-refractivity contribution is 7.89. The summed E-state index contributed by atoms with van der Waals surface area (Å²) >= 11 is 0. The maximum atomic E-state index is 13.1. The van der Waals surface area contributed by atoms with Crippen molar-refractivity contribution < 1.29 is 22.7 Å². The summed E-state index contributed by atoms with van der Waals surface area (Å²) in [7, 11) is -3.69. The minimum absolute atomic E-state index is 0.121. The van der Waals surface area contributed by atoms with E-state index < -0.39 is 10.0 Å². The number of aromatic amines is 1. The van der Waals surface area contributed by atoms with Gasteiger partial charge in [-0.25, -0.2) is 8.42 Å². The summed E-state index contributed by atoms with van der Waals surface area (Å²) < 4.78 is 38.9. The molecule has 0 unspecified atom stereocenters. The number of benzene rings is 2. The van der Waals surface area contributed by atoms with Crippen LogP contribution in [0.25, 0.3) is 10.9 Å². The molecule has 0 spiro atoms. The van der Waals surface area contributed by atoms with Crippen molar-refractivity contribution in [2.24, 2.45) is 0 Å². The third-order valence-corrected chi connectivity index (χ3v) is 7.54. The van der Waals surface area contributed by atoms with Gasteiger partial charge in [-0.3, -0.25) is 4.79 Å². The van der Waals surface area contributed by atoms with Crippen LogP contribution in [0.2, 0.25) is 0 Å². The van der Waals surface area contributed by atoms with Crippen LogP contribution in [0.3, 0.4) is 0 Å². The lowest BCUT2D eigenvalue weighted by Gasteiger charge is -2.33. The van der Waals surface area contributed by atoms with E-state index in [-0.39, 0.29) is 23.9 Å². The number of nitrogens with zero attached hydrogens (tertiary/aromatic N) is 2. The minimum Gasteiger partial charge on any atom is -0.490 e. The Kier molecular flexibility index (Phi) is 5.07. The van der Waals surface area contributed by atoms with Crippen LogP contribution < -0.4 is 9.47 Å². The van der Waals surface area contributed by atoms with Crippen LogP contribution in [-0.2, 0) is 10.0 Å². The molecule has 0 radical (unpaired) electrons. The number of rotatable bonds is 3. The van der Waals surface area contributed by atoms with Gasteiger partial charge in [-0.1, -0.05) is 18.2 Å². The molecule has 3 aromatic rings. The zero-order chi connectivity index (χ0) is 21.4. The zero-order valence-electron chi connectivity index (χ0n) is 16.9. The van der Waals surface area contributed by atoms with Gasteiger partial charge in [-0.2, -0.15) is 4.31 Å². The van der Waals surface area contributed by atoms with Gasteiger partial charge in [-0.15, -0.1) is 0 Å². The number of sulfonamides is 1. The molecule has 1 aromatic heterocycles. The molecule has 2 aromatic carbocycles. The normalized spacial score (nSPS) is 17.5. The predicted octanol–water partition coefficient (Wildman–Crippen LogP) is 2.48. The highest BCUT2D eigenvalue weighted by Gasteiger charge is 2.31. The second kappa shape index (κ2) is 7.90. The predicted molar refractivity (Wildman–Crippen MR) is 115 cm³/mol. The molecule has 1 saturated heterocycles. The maximum Gasteiger partial charge on any atom is 0.270 e. The fourth-order valence-corrected chi connectivity index (χ4v) is 5.38. The van der Waals surface area contributed by atoms with E-state index in [9.17, 15) is 13.2 Å². The molecule has 0 bridgehead atoms. The van der Waals surface area contributed by atoms with E-state index in [1.807, 2.05) is 30.3 Å². The van der Waals surface area contributed by atoms with Gasteiger partial charge in [0.2, 0.25) is 10.0 Å². The van der Waals surface area contributed by atoms with Crippen molar-refractivity contribution in [1.82, 2.24) is 14.2 Å². The summed E-state index contributed by atoms with van der Waals surface area (Å²) in [5.74, 6) is 0.889. The first kappa shape index (κ1) is 19.9. The molecule has 1 fully saturated rings. The molecule has 2 aliphatic heterocycles. The van der Waals surface area contributed by atoms with Gasteiger partial charge in [0.05, 0.1) is 18.1 Å². The molecule has 2 aliphatic rings. The van der Waals surface area contributed by atoms with Gasteiger partial charge in [0, 0.05) is 49.6 Å². The molecule has 3 heterocycles. The Labute approximate surface area is 180 Å². The number of ether oxygens (including phenoxy) is 2. The molecule has 31 heavy (non-hydrogen) atoms. The zero-order valence-corrected chi connectivity index (χ0v) is 17.7. The van der Waals surface area contributed by atoms with Crippen LogP contribution >= 0.6 is 0 Å². The van der Waals surface area contributed by atoms with Gasteiger partial charge in [0.15, 0.2) is 11.5 Å². The van der Waals surface area contributed by atoms with Crippen molar-refractivity contribution in [1.29, 1.82) is 0 Å². The quantitative estimate of drug-likeness (QED) is 0.674. The van der Waals surface area contributed by atoms with E-state index in [0.29, 0.717) is 43.5 Å². The van der Waals surface area contributed by atoms with Gasteiger partial charge < -0.3 is 19.4 Å². The molecule has 1 N–H and O–H groups in total. The average Bonchev–Trinajstić information content (AvgIpc) is 3.09. The van der Waals surface area contributed by atoms with Crippen LogP contribution in [-0.4, -0.2) is 67.9 Å². The number of nitrogens with one attached hydrogen (secondary N) is 1. The van der Waals surface area contributed by atoms with Crippen molar-refractivity contribution in [3.8, 4) is 11.5 Å². The van der Waals surface area contributed by atoms with E-state index in [1.54, 1.807) is 17.0 Å². The second-order valence-corrected chi connectivity index (χ2v) is 9.56. The summed E-state index contributed by atoms with van der Waals surface area (Å²) in [5, 5.41) is 0.974. The van der Waals surface area contributed by atoms with Crippen LogP contribution in [0.1, 0.15) is 16.9 Å². The van der Waals surface area contributed by atoms with E-state index in [0.717, 1.165) is 17.3 Å². The first-order valence-electron chi connectivity index (χ1n) is 10.3. The first-order chi connectivity index (χ1) is 15.0. The Hall–Kier alpha value is -3.04. The molecule has 0 saturated carbocycles. The van der Waals surface area contributed by atoms with E-state index in [2.05, 4.69) is 4.98 Å². The Balaban J connectivity index is 1.29. The topological polar surface area (TPSA) is 91.9 Å². The standard InChI is InChI=1S/C22H23N3O5S/c26-22(19-14-16-4-1-2-5-18(16)23-19)24-8-10-25(11-9-24)31(27,28)17-6-7-20-21(15-17)30-13-3-12-29-20/h1-2,4-7,14-15,23H,3,8-13H2. The van der Waals surface area contributed by atoms with Crippen LogP contribution in [0.4, 0.5) is 0 Å². The molecule has 0 atom stereocenters. The molecule has 1 amide bonds. The van der Waals surface area contributed by atoms with Crippen molar-refractivity contribution in [3.63, 3.8) is 0 Å². The van der Waals surface area contributed by atoms with Crippen LogP contribution in [0, 0.1) is 0 Å². The summed E-state index contributed by atoms with van der Waals surface area (Å²) in [6, 6.07) is 14.3. The number of carbonyl (C=O) groups is 1. The van der Waals surface area contributed by atoms with E-state index in [4.69, 9.17) is 9.47 Å². The minimum atomic E-state index is -3.69. The first-order valence-corrected chi connectivity index (χ1v) is 11.7. The summed E-state index contributed by atoms with van der Waals surface area (Å²) in [5.41, 5.74) is 1.42. The number of piperazine rings is 1. The Bertz CT molecular complexity index is 1200. The largest absolute Gasteiger partial charge is 0.490 e. The molecule has 9 heteroatoms. The van der Waals surface area contributed by atoms with E-state index in [1.165, 1.54) is 10.4 Å². The number of fused-ring (bicyclic) bond motifs is 2. The lowest BCUT2D eigenvalue weighted by Crippen LogP contribution is -2.50. The third-order valence-electron chi connectivity index (χ3n) is 5.64. The summed E-state index contributed by atoms with van der Waals surface area (Å²) in [6.07, 6.45) is 0.753. The number of aromatic nitrogens is 1. The van der Waals surface area contributed by atoms with Crippen LogP contribution in [0.15, 0.2) is 53.4 Å². The van der Waals surface area contributed by atoms with E-state index >= 15 is 0 Å². The fourth-order valence-electron chi connectivity index (χ4n) is 3.94. The van der Waals surface area contributed by atoms with Crippen molar-refractivity contribution in [2.75, 3.05) is 39.4 Å². The molecule has 8 nitrogen and oxygen atoms in total. The molecule has 5 rings (SSSR count). The number of amides is 1. The lowest BCUT2D eigenvalue weighted by molar-refractivity contribution is 0.0693. The Morgan fingerprint density at radius 2 is 1.65 bits per heavy atom. The molecule has 162 valence electrons.